The smallest absolute Gasteiger partial charge is 0.178 e. The molecule has 200 valence electrons. The molecule has 7 nitrogen and oxygen atoms in total. The Kier molecular flexibility index (Phi) is 6.12. The molecule has 2 heterocycles. The highest BCUT2D eigenvalue weighted by Gasteiger charge is 2.68. The van der Waals surface area contributed by atoms with Gasteiger partial charge in [0.05, 0.1) is 12.6 Å². The number of fused-ring (bicyclic) bond motifs is 5. The first kappa shape index (κ1) is 25.2. The van der Waals surface area contributed by atoms with Gasteiger partial charge in [-0.1, -0.05) is 25.5 Å². The van der Waals surface area contributed by atoms with Crippen LogP contribution < -0.4 is 4.90 Å². The third-order valence-corrected chi connectivity index (χ3v) is 11.2. The zero-order valence-corrected chi connectivity index (χ0v) is 22.2. The number of nitrogens with zero attached hydrogens (tertiary/aromatic N) is 3. The van der Waals surface area contributed by atoms with Gasteiger partial charge in [-0.25, -0.2) is 4.98 Å². The Hall–Kier alpha value is -2.09. The van der Waals surface area contributed by atoms with Crippen molar-refractivity contribution in [1.29, 1.82) is 0 Å². The summed E-state index contributed by atoms with van der Waals surface area (Å²) in [5, 5.41) is 23.7. The molecule has 0 radical (unpaired) electrons. The molecular formula is C30H41N3O4. The minimum absolute atomic E-state index is 0.0831. The number of carbonyl (C=O) groups is 2. The summed E-state index contributed by atoms with van der Waals surface area (Å²) in [5.41, 5.74) is -0.971. The Balaban J connectivity index is 1.17. The van der Waals surface area contributed by atoms with Crippen LogP contribution >= 0.6 is 0 Å². The second kappa shape index (κ2) is 8.99. The third kappa shape index (κ3) is 3.83. The molecule has 4 fully saturated rings. The SMILES string of the molecule is C[C@]12CCC(=O)C=C1CCC1C2[C@H](O)C[C@@]2(C)C1CC[C@]2(O)C(=O)CN1CCN(c2ccccn2)CC1. The average molecular weight is 508 g/mol. The second-order valence-corrected chi connectivity index (χ2v) is 12.9. The van der Waals surface area contributed by atoms with Crippen LogP contribution in [-0.4, -0.2) is 76.1 Å². The zero-order chi connectivity index (χ0) is 26.0. The van der Waals surface area contributed by atoms with Gasteiger partial charge in [-0.05, 0) is 79.9 Å². The molecule has 6 rings (SSSR count). The van der Waals surface area contributed by atoms with Crippen molar-refractivity contribution >= 4 is 17.4 Å². The summed E-state index contributed by atoms with van der Waals surface area (Å²) in [6, 6.07) is 5.92. The molecule has 7 atom stereocenters. The fourth-order valence-electron chi connectivity index (χ4n) is 9.16. The molecule has 5 aliphatic rings. The number of aliphatic hydroxyl groups excluding tert-OH is 1. The number of hydrogen-bond donors (Lipinski definition) is 2. The van der Waals surface area contributed by atoms with Gasteiger partial charge >= 0.3 is 0 Å². The normalized spacial score (nSPS) is 42.0. The molecule has 0 bridgehead atoms. The van der Waals surface area contributed by atoms with Crippen LogP contribution in [0.15, 0.2) is 36.0 Å². The maximum atomic E-state index is 13.8. The van der Waals surface area contributed by atoms with Gasteiger partial charge in [0, 0.05) is 44.2 Å². The highest BCUT2D eigenvalue weighted by molar-refractivity contribution is 5.92. The molecule has 3 saturated carbocycles. The van der Waals surface area contributed by atoms with Crippen molar-refractivity contribution < 1.29 is 19.8 Å². The monoisotopic (exact) mass is 507 g/mol. The van der Waals surface area contributed by atoms with E-state index in [4.69, 9.17) is 0 Å². The standard InChI is InChI=1S/C30H41N3O4/c1-28-10-8-21(34)17-20(28)6-7-22-23-9-11-30(37,29(23,2)18-24(35)27(22)28)25(36)19-32-13-15-33(16-14-32)26-5-3-4-12-31-26/h3-5,12,17,22-24,27,35,37H,6-11,13-16,18-19H2,1-2H3/t22?,23?,24-,27?,28+,29+,30+/m1/s1. The van der Waals surface area contributed by atoms with E-state index in [1.165, 1.54) is 5.57 Å². The lowest BCUT2D eigenvalue weighted by atomic mass is 9.45. The van der Waals surface area contributed by atoms with Gasteiger partial charge in [0.1, 0.15) is 11.4 Å². The number of piperazine rings is 1. The topological polar surface area (TPSA) is 94.0 Å². The van der Waals surface area contributed by atoms with Crippen LogP contribution in [0.4, 0.5) is 5.82 Å². The van der Waals surface area contributed by atoms with Crippen molar-refractivity contribution in [1.82, 2.24) is 9.88 Å². The summed E-state index contributed by atoms with van der Waals surface area (Å²) in [6.45, 7) is 7.70. The van der Waals surface area contributed by atoms with E-state index in [1.54, 1.807) is 6.20 Å². The molecule has 0 amide bonds. The Morgan fingerprint density at radius 1 is 1.11 bits per heavy atom. The van der Waals surface area contributed by atoms with E-state index < -0.39 is 17.1 Å². The van der Waals surface area contributed by atoms with E-state index in [0.717, 1.165) is 57.7 Å². The summed E-state index contributed by atoms with van der Waals surface area (Å²) in [4.78, 5) is 34.8. The van der Waals surface area contributed by atoms with E-state index in [9.17, 15) is 19.8 Å². The highest BCUT2D eigenvalue weighted by atomic mass is 16.3. The van der Waals surface area contributed by atoms with E-state index >= 15 is 0 Å². The lowest BCUT2D eigenvalue weighted by Crippen LogP contribution is -2.63. The van der Waals surface area contributed by atoms with Crippen LogP contribution in [-0.2, 0) is 9.59 Å². The fourth-order valence-corrected chi connectivity index (χ4v) is 9.16. The summed E-state index contributed by atoms with van der Waals surface area (Å²) in [6.07, 6.45) is 8.00. The Bertz CT molecular complexity index is 1100. The molecule has 2 N–H and O–H groups in total. The van der Waals surface area contributed by atoms with E-state index in [-0.39, 0.29) is 41.3 Å². The number of pyridine rings is 1. The number of anilines is 1. The number of Topliss-reactive ketones (excluding diaryl/α,β-unsaturated/α-hetero) is 1. The van der Waals surface area contributed by atoms with Gasteiger partial charge in [0.15, 0.2) is 11.6 Å². The molecule has 0 aromatic carbocycles. The molecule has 1 aromatic rings. The molecular weight excluding hydrogens is 466 g/mol. The highest BCUT2D eigenvalue weighted by Crippen LogP contribution is 2.67. The first-order valence-electron chi connectivity index (χ1n) is 14.2. The van der Waals surface area contributed by atoms with Gasteiger partial charge < -0.3 is 15.1 Å². The number of rotatable bonds is 4. The van der Waals surface area contributed by atoms with Crippen molar-refractivity contribution in [3.8, 4) is 0 Å². The molecule has 37 heavy (non-hydrogen) atoms. The van der Waals surface area contributed by atoms with Crippen molar-refractivity contribution in [2.45, 2.75) is 70.5 Å². The van der Waals surface area contributed by atoms with Crippen molar-refractivity contribution in [3.63, 3.8) is 0 Å². The van der Waals surface area contributed by atoms with Crippen molar-refractivity contribution in [2.24, 2.45) is 28.6 Å². The quantitative estimate of drug-likeness (QED) is 0.647. The first-order chi connectivity index (χ1) is 17.7. The molecule has 1 saturated heterocycles. The van der Waals surface area contributed by atoms with Crippen LogP contribution in [0, 0.1) is 28.6 Å². The largest absolute Gasteiger partial charge is 0.393 e. The number of hydrogen-bond acceptors (Lipinski definition) is 7. The van der Waals surface area contributed by atoms with E-state index in [2.05, 4.69) is 28.6 Å². The van der Waals surface area contributed by atoms with Gasteiger partial charge in [0.2, 0.25) is 0 Å². The minimum atomic E-state index is -1.40. The predicted octanol–water partition coefficient (Wildman–Crippen LogP) is 3.01. The maximum Gasteiger partial charge on any atom is 0.178 e. The van der Waals surface area contributed by atoms with Crippen LogP contribution in [0.5, 0.6) is 0 Å². The lowest BCUT2D eigenvalue weighted by Gasteiger charge is -2.60. The van der Waals surface area contributed by atoms with Gasteiger partial charge in [-0.2, -0.15) is 0 Å². The minimum Gasteiger partial charge on any atom is -0.393 e. The van der Waals surface area contributed by atoms with Crippen LogP contribution in [0.25, 0.3) is 0 Å². The first-order valence-corrected chi connectivity index (χ1v) is 14.2. The summed E-state index contributed by atoms with van der Waals surface area (Å²) in [5.74, 6) is 1.67. The summed E-state index contributed by atoms with van der Waals surface area (Å²) >= 11 is 0. The Morgan fingerprint density at radius 3 is 2.62 bits per heavy atom. The molecule has 4 aliphatic carbocycles. The Morgan fingerprint density at radius 2 is 1.89 bits per heavy atom. The molecule has 1 aromatic heterocycles. The molecule has 0 spiro atoms. The average Bonchev–Trinajstić information content (AvgIpc) is 3.16. The van der Waals surface area contributed by atoms with Gasteiger partial charge in [0.25, 0.3) is 0 Å². The number of aromatic nitrogens is 1. The number of carbonyl (C=O) groups excluding carboxylic acids is 2. The summed E-state index contributed by atoms with van der Waals surface area (Å²) < 4.78 is 0. The second-order valence-electron chi connectivity index (χ2n) is 12.9. The zero-order valence-electron chi connectivity index (χ0n) is 22.2. The van der Waals surface area contributed by atoms with Crippen molar-refractivity contribution in [3.05, 3.63) is 36.0 Å². The number of allylic oxidation sites excluding steroid dienone is 1. The van der Waals surface area contributed by atoms with Gasteiger partial charge in [-0.3, -0.25) is 14.5 Å². The predicted molar refractivity (Wildman–Crippen MR) is 141 cm³/mol. The van der Waals surface area contributed by atoms with Crippen LogP contribution in [0.3, 0.4) is 0 Å². The van der Waals surface area contributed by atoms with E-state index in [0.29, 0.717) is 19.3 Å². The molecule has 7 heteroatoms. The van der Waals surface area contributed by atoms with Crippen LogP contribution in [0.2, 0.25) is 0 Å². The van der Waals surface area contributed by atoms with Gasteiger partial charge in [-0.15, -0.1) is 0 Å². The lowest BCUT2D eigenvalue weighted by molar-refractivity contribution is -0.181. The van der Waals surface area contributed by atoms with E-state index in [1.807, 2.05) is 24.3 Å². The maximum absolute atomic E-state index is 13.8. The molecule has 3 unspecified atom stereocenters. The number of aliphatic hydroxyl groups is 2. The number of ketones is 2. The Labute approximate surface area is 219 Å². The van der Waals surface area contributed by atoms with Crippen molar-refractivity contribution in [2.75, 3.05) is 37.6 Å². The summed E-state index contributed by atoms with van der Waals surface area (Å²) in [7, 11) is 0. The fraction of sp³-hybridized carbons (Fsp3) is 0.700. The molecule has 1 aliphatic heterocycles. The van der Waals surface area contributed by atoms with Crippen LogP contribution in [0.1, 0.15) is 58.8 Å². The third-order valence-electron chi connectivity index (χ3n) is 11.2.